The summed E-state index contributed by atoms with van der Waals surface area (Å²) in [6.45, 7) is 3.66. The highest BCUT2D eigenvalue weighted by Gasteiger charge is 2.21. The first-order valence-corrected chi connectivity index (χ1v) is 4.69. The van der Waals surface area contributed by atoms with Crippen molar-refractivity contribution >= 4 is 5.57 Å². The molecule has 1 aromatic carbocycles. The van der Waals surface area contributed by atoms with Gasteiger partial charge in [0.15, 0.2) is 5.75 Å². The van der Waals surface area contributed by atoms with Crippen LogP contribution in [0.5, 0.6) is 5.75 Å². The molecule has 2 heteroatoms. The maximum atomic E-state index is 11.8. The smallest absolute Gasteiger partial charge is 0.186 e. The zero-order valence-corrected chi connectivity index (χ0v) is 8.14. The summed E-state index contributed by atoms with van der Waals surface area (Å²) in [5.41, 5.74) is 1.48. The number of allylic oxidation sites excluding steroid dienone is 2. The van der Waals surface area contributed by atoms with E-state index in [0.717, 1.165) is 0 Å². The van der Waals surface area contributed by atoms with E-state index in [0.29, 0.717) is 16.7 Å². The van der Waals surface area contributed by atoms with E-state index in [-0.39, 0.29) is 5.75 Å². The minimum atomic E-state index is -1.02. The van der Waals surface area contributed by atoms with Gasteiger partial charge >= 0.3 is 0 Å². The fourth-order valence-electron chi connectivity index (χ4n) is 1.59. The summed E-state index contributed by atoms with van der Waals surface area (Å²) in [4.78, 5) is 0. The van der Waals surface area contributed by atoms with Crippen LogP contribution in [0.2, 0.25) is 0 Å². The first-order chi connectivity index (χ1) is 7.20. The fraction of sp³-hybridized carbons (Fsp3) is 0.0769. The van der Waals surface area contributed by atoms with Gasteiger partial charge in [0.2, 0.25) is 0 Å². The van der Waals surface area contributed by atoms with Crippen LogP contribution >= 0.6 is 0 Å². The summed E-state index contributed by atoms with van der Waals surface area (Å²) in [6, 6.07) is 6.56. The topological polar surface area (TPSA) is 39.8 Å². The molecule has 1 aliphatic rings. The van der Waals surface area contributed by atoms with Crippen LogP contribution in [0.15, 0.2) is 54.6 Å². The number of hydrogen-bond donors (Lipinski definition) is 0. The van der Waals surface area contributed by atoms with Crippen molar-refractivity contribution in [3.63, 3.8) is 0 Å². The molecule has 0 N–H and O–H groups in total. The number of hydrogen-bond acceptors (Lipinski definition) is 0. The molecule has 0 saturated carbocycles. The Balaban J connectivity index is 2.48. The van der Waals surface area contributed by atoms with Gasteiger partial charge in [0.1, 0.15) is 6.10 Å². The molecule has 0 aliphatic heterocycles. The molecule has 2 rings (SSSR count). The lowest BCUT2D eigenvalue weighted by molar-refractivity contribution is 0.170. The average molecular weight is 198 g/mol. The van der Waals surface area contributed by atoms with Crippen LogP contribution in [0.3, 0.4) is 0 Å². The third-order valence-corrected chi connectivity index (χ3v) is 2.40. The van der Waals surface area contributed by atoms with E-state index in [9.17, 15) is 10.2 Å². The molecule has 0 fully saturated rings. The quantitative estimate of drug-likeness (QED) is 0.665. The highest BCUT2D eigenvalue weighted by Crippen LogP contribution is 2.32. The van der Waals surface area contributed by atoms with Crippen LogP contribution in [0.4, 0.5) is 0 Å². The fourth-order valence-corrected chi connectivity index (χ4v) is 1.59. The monoisotopic (exact) mass is 198 g/mol. The molecular formula is C13H10O2. The maximum absolute atomic E-state index is 11.8. The molecule has 2 radical (unpaired) electrons. The summed E-state index contributed by atoms with van der Waals surface area (Å²) < 4.78 is 0. The maximum Gasteiger partial charge on any atom is 0.186 e. The van der Waals surface area contributed by atoms with Gasteiger partial charge in [0, 0.05) is 5.56 Å². The predicted octanol–water partition coefficient (Wildman–Crippen LogP) is 3.14. The Hall–Kier alpha value is -1.80. The third kappa shape index (κ3) is 1.72. The Kier molecular flexibility index (Phi) is 2.44. The molecule has 74 valence electrons. The molecule has 2 nitrogen and oxygen atoms in total. The number of benzene rings is 1. The Morgan fingerprint density at radius 1 is 1.20 bits per heavy atom. The van der Waals surface area contributed by atoms with Gasteiger partial charge in [-0.1, -0.05) is 43.0 Å². The van der Waals surface area contributed by atoms with Crippen LogP contribution in [-0.4, -0.2) is 6.10 Å². The zero-order chi connectivity index (χ0) is 10.8. The first kappa shape index (κ1) is 9.74. The third-order valence-electron chi connectivity index (χ3n) is 2.40. The molecule has 1 atom stereocenters. The van der Waals surface area contributed by atoms with Crippen molar-refractivity contribution in [2.45, 2.75) is 6.10 Å². The first-order valence-electron chi connectivity index (χ1n) is 4.69. The molecule has 15 heavy (non-hydrogen) atoms. The van der Waals surface area contributed by atoms with Gasteiger partial charge in [-0.25, -0.2) is 5.11 Å². The molecular weight excluding hydrogens is 188 g/mol. The minimum Gasteiger partial charge on any atom is -0.289 e. The molecule has 0 amide bonds. The largest absolute Gasteiger partial charge is 0.289 e. The lowest BCUT2D eigenvalue weighted by Crippen LogP contribution is -2.11. The molecule has 0 spiro atoms. The van der Waals surface area contributed by atoms with Gasteiger partial charge in [-0.3, -0.25) is 5.11 Å². The zero-order valence-electron chi connectivity index (χ0n) is 8.14. The van der Waals surface area contributed by atoms with E-state index in [1.807, 2.05) is 0 Å². The Morgan fingerprint density at radius 2 is 1.93 bits per heavy atom. The summed E-state index contributed by atoms with van der Waals surface area (Å²) in [5, 5.41) is 23.3. The summed E-state index contributed by atoms with van der Waals surface area (Å²) in [7, 11) is 0. The minimum absolute atomic E-state index is 0.118. The number of rotatable bonds is 1. The highest BCUT2D eigenvalue weighted by molar-refractivity contribution is 5.78. The van der Waals surface area contributed by atoms with Gasteiger partial charge < -0.3 is 0 Å². The van der Waals surface area contributed by atoms with E-state index in [1.54, 1.807) is 36.4 Å². The summed E-state index contributed by atoms with van der Waals surface area (Å²) in [5.74, 6) is -0.118. The molecule has 0 bridgehead atoms. The van der Waals surface area contributed by atoms with Gasteiger partial charge in [-0.05, 0) is 17.2 Å². The van der Waals surface area contributed by atoms with E-state index < -0.39 is 6.10 Å². The Labute approximate surface area is 88.5 Å². The van der Waals surface area contributed by atoms with E-state index in [4.69, 9.17) is 0 Å². The van der Waals surface area contributed by atoms with Crippen molar-refractivity contribution in [2.75, 3.05) is 0 Å². The molecule has 1 aliphatic carbocycles. The molecule has 1 aromatic rings. The molecule has 0 saturated heterocycles. The molecule has 1 unspecified atom stereocenters. The standard InChI is InChI=1S/C13H10O2/c1-9-5-4-7-11(13(9)15)10-6-2-3-8-12(10)14/h2-8,13H,1H2. The van der Waals surface area contributed by atoms with Gasteiger partial charge in [0.25, 0.3) is 0 Å². The summed E-state index contributed by atoms with van der Waals surface area (Å²) in [6.07, 6.45) is 4.08. The van der Waals surface area contributed by atoms with Crippen molar-refractivity contribution in [2.24, 2.45) is 0 Å². The van der Waals surface area contributed by atoms with Crippen LogP contribution in [0.25, 0.3) is 5.57 Å². The lowest BCUT2D eigenvalue weighted by atomic mass is 9.91. The SMILES string of the molecule is C=C1C=CC=C(c2ccccc2[O])C1[O]. The van der Waals surface area contributed by atoms with Crippen LogP contribution < -0.4 is 0 Å². The summed E-state index contributed by atoms with van der Waals surface area (Å²) >= 11 is 0. The van der Waals surface area contributed by atoms with Crippen molar-refractivity contribution in [1.82, 2.24) is 0 Å². The normalized spacial score (nSPS) is 20.2. The van der Waals surface area contributed by atoms with E-state index >= 15 is 0 Å². The van der Waals surface area contributed by atoms with E-state index in [2.05, 4.69) is 6.58 Å². The molecule has 0 aromatic heterocycles. The van der Waals surface area contributed by atoms with Crippen molar-refractivity contribution in [3.05, 3.63) is 60.2 Å². The van der Waals surface area contributed by atoms with Crippen LogP contribution in [0.1, 0.15) is 5.56 Å². The Morgan fingerprint density at radius 3 is 2.67 bits per heavy atom. The van der Waals surface area contributed by atoms with Gasteiger partial charge in [-0.2, -0.15) is 0 Å². The second-order valence-corrected chi connectivity index (χ2v) is 3.43. The predicted molar refractivity (Wildman–Crippen MR) is 57.3 cm³/mol. The Bertz CT molecular complexity index is 455. The van der Waals surface area contributed by atoms with Crippen LogP contribution in [-0.2, 0) is 10.2 Å². The average Bonchev–Trinajstić information content (AvgIpc) is 2.23. The van der Waals surface area contributed by atoms with Crippen molar-refractivity contribution in [1.29, 1.82) is 0 Å². The lowest BCUT2D eigenvalue weighted by Gasteiger charge is -2.16. The van der Waals surface area contributed by atoms with Gasteiger partial charge in [0.05, 0.1) is 0 Å². The van der Waals surface area contributed by atoms with E-state index in [1.165, 1.54) is 6.07 Å². The van der Waals surface area contributed by atoms with Crippen LogP contribution in [0, 0.1) is 0 Å². The number of para-hydroxylation sites is 1. The van der Waals surface area contributed by atoms with Crippen molar-refractivity contribution < 1.29 is 10.2 Å². The highest BCUT2D eigenvalue weighted by atomic mass is 16.3. The second-order valence-electron chi connectivity index (χ2n) is 3.43. The van der Waals surface area contributed by atoms with Gasteiger partial charge in [-0.15, -0.1) is 0 Å². The molecule has 0 heterocycles. The second kappa shape index (κ2) is 3.75. The van der Waals surface area contributed by atoms with Crippen molar-refractivity contribution in [3.8, 4) is 5.75 Å².